The summed E-state index contributed by atoms with van der Waals surface area (Å²) in [5, 5.41) is 3.66. The van der Waals surface area contributed by atoms with Crippen LogP contribution in [0.25, 0.3) is 0 Å². The minimum absolute atomic E-state index is 0.154. The third-order valence-corrected chi connectivity index (χ3v) is 5.02. The third kappa shape index (κ3) is 3.83. The van der Waals surface area contributed by atoms with Crippen LogP contribution in [0.4, 0.5) is 0 Å². The van der Waals surface area contributed by atoms with Crippen molar-refractivity contribution in [3.63, 3.8) is 0 Å². The van der Waals surface area contributed by atoms with Crippen molar-refractivity contribution in [1.82, 2.24) is 5.32 Å². The van der Waals surface area contributed by atoms with Crippen molar-refractivity contribution < 1.29 is 9.53 Å². The van der Waals surface area contributed by atoms with E-state index < -0.39 is 0 Å². The van der Waals surface area contributed by atoms with Crippen LogP contribution >= 0.6 is 23.2 Å². The van der Waals surface area contributed by atoms with Crippen LogP contribution in [0.1, 0.15) is 43.0 Å². The van der Waals surface area contributed by atoms with Crippen LogP contribution in [-0.4, -0.2) is 24.4 Å². The van der Waals surface area contributed by atoms with Crippen LogP contribution in [0.2, 0.25) is 5.02 Å². The summed E-state index contributed by atoms with van der Waals surface area (Å²) in [6, 6.07) is 5.02. The number of benzene rings is 1. The van der Waals surface area contributed by atoms with Gasteiger partial charge in [0.2, 0.25) is 0 Å². The molecular formula is C16H21Cl2NO2. The second-order valence-electron chi connectivity index (χ2n) is 5.90. The van der Waals surface area contributed by atoms with E-state index in [1.165, 1.54) is 7.11 Å². The first kappa shape index (κ1) is 16.4. The number of alkyl halides is 1. The molecule has 0 spiro atoms. The largest absolute Gasteiger partial charge is 0.496 e. The van der Waals surface area contributed by atoms with E-state index in [-0.39, 0.29) is 11.4 Å². The Hall–Kier alpha value is -0.930. The Labute approximate surface area is 136 Å². The molecule has 1 aromatic rings. The second-order valence-corrected chi connectivity index (χ2v) is 6.60. The maximum atomic E-state index is 12.6. The van der Waals surface area contributed by atoms with E-state index >= 15 is 0 Å². The molecule has 1 aliphatic carbocycles. The second kappa shape index (κ2) is 6.89. The number of nitrogens with one attached hydrogen (secondary N) is 1. The van der Waals surface area contributed by atoms with Gasteiger partial charge >= 0.3 is 0 Å². The number of rotatable bonds is 4. The van der Waals surface area contributed by atoms with Gasteiger partial charge in [-0.05, 0) is 49.8 Å². The number of halogens is 2. The minimum atomic E-state index is -0.310. The molecule has 0 saturated heterocycles. The number of amides is 1. The Kier molecular flexibility index (Phi) is 5.39. The van der Waals surface area contributed by atoms with Crippen molar-refractivity contribution >= 4 is 29.1 Å². The Morgan fingerprint density at radius 3 is 2.67 bits per heavy atom. The Morgan fingerprint density at radius 2 is 2.10 bits per heavy atom. The molecule has 1 fully saturated rings. The van der Waals surface area contributed by atoms with E-state index in [9.17, 15) is 4.79 Å². The number of methoxy groups -OCH3 is 1. The Morgan fingerprint density at radius 1 is 1.43 bits per heavy atom. The van der Waals surface area contributed by atoms with Crippen LogP contribution in [0, 0.1) is 5.92 Å². The van der Waals surface area contributed by atoms with Crippen molar-refractivity contribution in [3.8, 4) is 5.75 Å². The number of hydrogen-bond acceptors (Lipinski definition) is 2. The molecule has 0 bridgehead atoms. The van der Waals surface area contributed by atoms with Gasteiger partial charge in [-0.25, -0.2) is 0 Å². The summed E-state index contributed by atoms with van der Waals surface area (Å²) in [5.74, 6) is 1.46. The summed E-state index contributed by atoms with van der Waals surface area (Å²) >= 11 is 12.1. The fourth-order valence-corrected chi connectivity index (χ4v) is 3.26. The van der Waals surface area contributed by atoms with Gasteiger partial charge in [0.25, 0.3) is 5.91 Å². The molecular weight excluding hydrogens is 309 g/mol. The lowest BCUT2D eigenvalue weighted by Gasteiger charge is -2.38. The first-order chi connectivity index (χ1) is 9.99. The van der Waals surface area contributed by atoms with Gasteiger partial charge in [0.05, 0.1) is 18.2 Å². The summed E-state index contributed by atoms with van der Waals surface area (Å²) in [7, 11) is 1.53. The number of carbonyl (C=O) groups excluding carboxylic acids is 1. The zero-order valence-electron chi connectivity index (χ0n) is 12.4. The molecule has 2 rings (SSSR count). The van der Waals surface area contributed by atoms with Crippen molar-refractivity contribution in [3.05, 3.63) is 28.8 Å². The van der Waals surface area contributed by atoms with E-state index in [1.807, 2.05) is 0 Å². The molecule has 0 atom stereocenters. The quantitative estimate of drug-likeness (QED) is 0.838. The van der Waals surface area contributed by atoms with Crippen molar-refractivity contribution in [2.24, 2.45) is 5.92 Å². The number of ether oxygens (including phenoxy) is 1. The van der Waals surface area contributed by atoms with Crippen molar-refractivity contribution in [2.45, 2.75) is 38.1 Å². The average Bonchev–Trinajstić information content (AvgIpc) is 2.49. The fourth-order valence-electron chi connectivity index (χ4n) is 2.77. The standard InChI is InChI=1S/C16H21Cl2NO2/c1-11-5-7-16(10-17,8-6-11)19-15(20)13-4-3-12(18)9-14(13)21-2/h3-4,9,11H,5-8,10H2,1-2H3,(H,19,20). The van der Waals surface area contributed by atoms with Gasteiger partial charge in [-0.3, -0.25) is 4.79 Å². The van der Waals surface area contributed by atoms with Crippen LogP contribution < -0.4 is 10.1 Å². The lowest BCUT2D eigenvalue weighted by molar-refractivity contribution is 0.0869. The maximum Gasteiger partial charge on any atom is 0.255 e. The Bertz CT molecular complexity index is 511. The average molecular weight is 330 g/mol. The molecule has 0 radical (unpaired) electrons. The third-order valence-electron chi connectivity index (χ3n) is 4.27. The molecule has 116 valence electrons. The summed E-state index contributed by atoms with van der Waals surface area (Å²) in [6.07, 6.45) is 4.01. The van der Waals surface area contributed by atoms with Crippen LogP contribution in [0.5, 0.6) is 5.75 Å². The Balaban J connectivity index is 2.16. The maximum absolute atomic E-state index is 12.6. The van der Waals surface area contributed by atoms with Crippen molar-refractivity contribution in [2.75, 3.05) is 13.0 Å². The van der Waals surface area contributed by atoms with E-state index in [0.717, 1.165) is 25.7 Å². The molecule has 0 heterocycles. The zero-order valence-corrected chi connectivity index (χ0v) is 13.9. The summed E-state index contributed by atoms with van der Waals surface area (Å²) < 4.78 is 5.24. The summed E-state index contributed by atoms with van der Waals surface area (Å²) in [5.41, 5.74) is 0.181. The normalized spacial score (nSPS) is 25.4. The highest BCUT2D eigenvalue weighted by Gasteiger charge is 2.35. The topological polar surface area (TPSA) is 38.3 Å². The molecule has 3 nitrogen and oxygen atoms in total. The molecule has 1 aromatic carbocycles. The lowest BCUT2D eigenvalue weighted by atomic mass is 9.78. The highest BCUT2D eigenvalue weighted by Crippen LogP contribution is 2.33. The lowest BCUT2D eigenvalue weighted by Crippen LogP contribution is -2.52. The van der Waals surface area contributed by atoms with Crippen LogP contribution in [0.15, 0.2) is 18.2 Å². The minimum Gasteiger partial charge on any atom is -0.496 e. The molecule has 0 unspecified atom stereocenters. The van der Waals surface area contributed by atoms with Gasteiger partial charge in [0, 0.05) is 10.9 Å². The molecule has 1 saturated carbocycles. The van der Waals surface area contributed by atoms with E-state index in [1.54, 1.807) is 18.2 Å². The summed E-state index contributed by atoms with van der Waals surface area (Å²) in [4.78, 5) is 12.6. The van der Waals surface area contributed by atoms with Gasteiger partial charge in [-0.2, -0.15) is 0 Å². The van der Waals surface area contributed by atoms with Gasteiger partial charge in [0.15, 0.2) is 0 Å². The first-order valence-electron chi connectivity index (χ1n) is 7.22. The molecule has 0 aliphatic heterocycles. The zero-order chi connectivity index (χ0) is 15.5. The molecule has 5 heteroatoms. The van der Waals surface area contributed by atoms with Crippen LogP contribution in [0.3, 0.4) is 0 Å². The smallest absolute Gasteiger partial charge is 0.255 e. The number of carbonyl (C=O) groups is 1. The highest BCUT2D eigenvalue weighted by atomic mass is 35.5. The molecule has 1 N–H and O–H groups in total. The van der Waals surface area contributed by atoms with E-state index in [0.29, 0.717) is 28.1 Å². The predicted molar refractivity (Wildman–Crippen MR) is 86.6 cm³/mol. The fraction of sp³-hybridized carbons (Fsp3) is 0.562. The van der Waals surface area contributed by atoms with Gasteiger partial charge in [-0.15, -0.1) is 11.6 Å². The SMILES string of the molecule is COc1cc(Cl)ccc1C(=O)NC1(CCl)CCC(C)CC1. The highest BCUT2D eigenvalue weighted by molar-refractivity contribution is 6.30. The monoisotopic (exact) mass is 329 g/mol. The molecule has 1 amide bonds. The number of hydrogen-bond donors (Lipinski definition) is 1. The summed E-state index contributed by atoms with van der Waals surface area (Å²) in [6.45, 7) is 2.24. The van der Waals surface area contributed by atoms with Gasteiger partial charge in [-0.1, -0.05) is 18.5 Å². The molecule has 21 heavy (non-hydrogen) atoms. The van der Waals surface area contributed by atoms with Gasteiger partial charge < -0.3 is 10.1 Å². The first-order valence-corrected chi connectivity index (χ1v) is 8.13. The van der Waals surface area contributed by atoms with Crippen molar-refractivity contribution in [1.29, 1.82) is 0 Å². The van der Waals surface area contributed by atoms with E-state index in [2.05, 4.69) is 12.2 Å². The van der Waals surface area contributed by atoms with Crippen LogP contribution in [-0.2, 0) is 0 Å². The van der Waals surface area contributed by atoms with Gasteiger partial charge in [0.1, 0.15) is 5.75 Å². The van der Waals surface area contributed by atoms with E-state index in [4.69, 9.17) is 27.9 Å². The molecule has 0 aromatic heterocycles. The molecule has 1 aliphatic rings. The predicted octanol–water partition coefficient (Wildman–Crippen LogP) is 4.27.